The average Bonchev–Trinajstić information content (AvgIpc) is 2.82. The standard InChI is InChI=1S/C17H16O3/c1-11-17(12-4-6-13(18-2)7-5-12)15-9-8-14(19-3)10-16(15)20-11/h4-10H,1-3H3. The topological polar surface area (TPSA) is 31.6 Å². The van der Waals surface area contributed by atoms with Gasteiger partial charge in [-0.15, -0.1) is 0 Å². The maximum atomic E-state index is 5.84. The summed E-state index contributed by atoms with van der Waals surface area (Å²) in [5.41, 5.74) is 3.07. The van der Waals surface area contributed by atoms with Crippen LogP contribution in [0.4, 0.5) is 0 Å². The lowest BCUT2D eigenvalue weighted by Gasteiger charge is -2.03. The van der Waals surface area contributed by atoms with E-state index in [2.05, 4.69) is 0 Å². The minimum atomic E-state index is 0.799. The third-order valence-corrected chi connectivity index (χ3v) is 3.45. The average molecular weight is 268 g/mol. The van der Waals surface area contributed by atoms with E-state index < -0.39 is 0 Å². The highest BCUT2D eigenvalue weighted by Crippen LogP contribution is 2.36. The van der Waals surface area contributed by atoms with Gasteiger partial charge in [0.05, 0.1) is 14.2 Å². The van der Waals surface area contributed by atoms with Crippen LogP contribution in [0.1, 0.15) is 5.76 Å². The number of benzene rings is 2. The van der Waals surface area contributed by atoms with E-state index in [9.17, 15) is 0 Å². The van der Waals surface area contributed by atoms with Gasteiger partial charge in [0.2, 0.25) is 0 Å². The van der Waals surface area contributed by atoms with E-state index in [1.165, 1.54) is 0 Å². The third kappa shape index (κ3) is 2.01. The molecule has 0 radical (unpaired) electrons. The maximum Gasteiger partial charge on any atom is 0.138 e. The van der Waals surface area contributed by atoms with E-state index in [1.807, 2.05) is 49.4 Å². The largest absolute Gasteiger partial charge is 0.497 e. The van der Waals surface area contributed by atoms with Gasteiger partial charge >= 0.3 is 0 Å². The quantitative estimate of drug-likeness (QED) is 0.704. The van der Waals surface area contributed by atoms with E-state index >= 15 is 0 Å². The van der Waals surface area contributed by atoms with Crippen LogP contribution in [-0.4, -0.2) is 14.2 Å². The van der Waals surface area contributed by atoms with Crippen molar-refractivity contribution >= 4 is 11.0 Å². The van der Waals surface area contributed by atoms with Gasteiger partial charge in [0, 0.05) is 17.0 Å². The van der Waals surface area contributed by atoms with Crippen molar-refractivity contribution in [2.24, 2.45) is 0 Å². The molecular formula is C17H16O3. The Morgan fingerprint density at radius 3 is 2.15 bits per heavy atom. The lowest BCUT2D eigenvalue weighted by atomic mass is 10.0. The molecule has 3 aromatic rings. The zero-order chi connectivity index (χ0) is 14.1. The summed E-state index contributed by atoms with van der Waals surface area (Å²) in [7, 11) is 3.32. The first-order valence-corrected chi connectivity index (χ1v) is 6.44. The monoisotopic (exact) mass is 268 g/mol. The smallest absolute Gasteiger partial charge is 0.138 e. The highest BCUT2D eigenvalue weighted by Gasteiger charge is 2.13. The van der Waals surface area contributed by atoms with Gasteiger partial charge in [0.25, 0.3) is 0 Å². The van der Waals surface area contributed by atoms with E-state index in [-0.39, 0.29) is 0 Å². The molecule has 0 bridgehead atoms. The normalized spacial score (nSPS) is 10.8. The summed E-state index contributed by atoms with van der Waals surface area (Å²) in [5, 5.41) is 1.09. The Morgan fingerprint density at radius 1 is 0.850 bits per heavy atom. The fourth-order valence-corrected chi connectivity index (χ4v) is 2.44. The molecule has 3 rings (SSSR count). The van der Waals surface area contributed by atoms with Crippen LogP contribution in [0.3, 0.4) is 0 Å². The van der Waals surface area contributed by atoms with Gasteiger partial charge in [0.15, 0.2) is 0 Å². The second kappa shape index (κ2) is 4.93. The van der Waals surface area contributed by atoms with E-state index in [0.29, 0.717) is 0 Å². The molecule has 1 aromatic heterocycles. The summed E-state index contributed by atoms with van der Waals surface area (Å²) < 4.78 is 16.3. The molecule has 0 aliphatic carbocycles. The fourth-order valence-electron chi connectivity index (χ4n) is 2.44. The molecule has 3 heteroatoms. The molecule has 0 saturated heterocycles. The van der Waals surface area contributed by atoms with Crippen molar-refractivity contribution in [3.05, 3.63) is 48.2 Å². The van der Waals surface area contributed by atoms with Crippen molar-refractivity contribution in [3.8, 4) is 22.6 Å². The molecule has 102 valence electrons. The lowest BCUT2D eigenvalue weighted by molar-refractivity contribution is 0.414. The van der Waals surface area contributed by atoms with Gasteiger partial charge in [-0.25, -0.2) is 0 Å². The zero-order valence-electron chi connectivity index (χ0n) is 11.8. The van der Waals surface area contributed by atoms with E-state index in [4.69, 9.17) is 13.9 Å². The Labute approximate surface area is 117 Å². The van der Waals surface area contributed by atoms with Crippen molar-refractivity contribution in [2.75, 3.05) is 14.2 Å². The molecule has 0 unspecified atom stereocenters. The first kappa shape index (κ1) is 12.6. The number of hydrogen-bond acceptors (Lipinski definition) is 3. The Bertz CT molecular complexity index is 739. The molecule has 3 nitrogen and oxygen atoms in total. The Kier molecular flexibility index (Phi) is 3.11. The summed E-state index contributed by atoms with van der Waals surface area (Å²) in [4.78, 5) is 0. The minimum Gasteiger partial charge on any atom is -0.497 e. The number of aryl methyl sites for hydroxylation is 1. The van der Waals surface area contributed by atoms with Crippen LogP contribution in [-0.2, 0) is 0 Å². The summed E-state index contributed by atoms with van der Waals surface area (Å²) in [6.45, 7) is 1.98. The Morgan fingerprint density at radius 2 is 1.50 bits per heavy atom. The van der Waals surface area contributed by atoms with Gasteiger partial charge in [0.1, 0.15) is 22.8 Å². The first-order chi connectivity index (χ1) is 9.72. The molecule has 0 spiro atoms. The molecule has 0 amide bonds. The Balaban J connectivity index is 2.16. The molecule has 0 aliphatic rings. The molecule has 0 N–H and O–H groups in total. The summed E-state index contributed by atoms with van der Waals surface area (Å²) in [6.07, 6.45) is 0. The van der Waals surface area contributed by atoms with E-state index in [1.54, 1.807) is 14.2 Å². The molecule has 0 fully saturated rings. The number of ether oxygens (including phenoxy) is 2. The third-order valence-electron chi connectivity index (χ3n) is 3.45. The van der Waals surface area contributed by atoms with Gasteiger partial charge in [-0.3, -0.25) is 0 Å². The maximum absolute atomic E-state index is 5.84. The molecule has 20 heavy (non-hydrogen) atoms. The number of rotatable bonds is 3. The molecule has 0 atom stereocenters. The second-order valence-electron chi connectivity index (χ2n) is 4.62. The van der Waals surface area contributed by atoms with Crippen molar-refractivity contribution < 1.29 is 13.9 Å². The number of hydrogen-bond donors (Lipinski definition) is 0. The summed E-state index contributed by atoms with van der Waals surface area (Å²) in [5.74, 6) is 2.55. The highest BCUT2D eigenvalue weighted by atomic mass is 16.5. The molecule has 2 aromatic carbocycles. The number of methoxy groups -OCH3 is 2. The summed E-state index contributed by atoms with van der Waals surface area (Å²) >= 11 is 0. The molecule has 0 saturated carbocycles. The van der Waals surface area contributed by atoms with Gasteiger partial charge in [-0.05, 0) is 36.8 Å². The molecule has 0 aliphatic heterocycles. The SMILES string of the molecule is COc1ccc(-c2c(C)oc3cc(OC)ccc23)cc1. The van der Waals surface area contributed by atoms with Crippen LogP contribution >= 0.6 is 0 Å². The Hall–Kier alpha value is -2.42. The van der Waals surface area contributed by atoms with Crippen LogP contribution in [0, 0.1) is 6.92 Å². The number of fused-ring (bicyclic) bond motifs is 1. The van der Waals surface area contributed by atoms with E-state index in [0.717, 1.165) is 39.4 Å². The molecule has 1 heterocycles. The predicted molar refractivity (Wildman–Crippen MR) is 79.5 cm³/mol. The summed E-state index contributed by atoms with van der Waals surface area (Å²) in [6, 6.07) is 13.9. The minimum absolute atomic E-state index is 0.799. The van der Waals surface area contributed by atoms with Crippen LogP contribution < -0.4 is 9.47 Å². The van der Waals surface area contributed by atoms with Gasteiger partial charge in [-0.1, -0.05) is 12.1 Å². The molecular weight excluding hydrogens is 252 g/mol. The lowest BCUT2D eigenvalue weighted by Crippen LogP contribution is -1.84. The fraction of sp³-hybridized carbons (Fsp3) is 0.176. The van der Waals surface area contributed by atoms with Crippen LogP contribution in [0.2, 0.25) is 0 Å². The van der Waals surface area contributed by atoms with Gasteiger partial charge < -0.3 is 13.9 Å². The van der Waals surface area contributed by atoms with Crippen molar-refractivity contribution in [1.29, 1.82) is 0 Å². The van der Waals surface area contributed by atoms with Crippen LogP contribution in [0.5, 0.6) is 11.5 Å². The zero-order valence-corrected chi connectivity index (χ0v) is 11.8. The van der Waals surface area contributed by atoms with Crippen LogP contribution in [0.15, 0.2) is 46.9 Å². The van der Waals surface area contributed by atoms with Crippen molar-refractivity contribution in [1.82, 2.24) is 0 Å². The first-order valence-electron chi connectivity index (χ1n) is 6.44. The van der Waals surface area contributed by atoms with Gasteiger partial charge in [-0.2, -0.15) is 0 Å². The van der Waals surface area contributed by atoms with Crippen LogP contribution in [0.25, 0.3) is 22.1 Å². The number of furan rings is 1. The van der Waals surface area contributed by atoms with Crippen molar-refractivity contribution in [3.63, 3.8) is 0 Å². The second-order valence-corrected chi connectivity index (χ2v) is 4.62. The highest BCUT2D eigenvalue weighted by molar-refractivity contribution is 5.96. The van der Waals surface area contributed by atoms with Crippen molar-refractivity contribution in [2.45, 2.75) is 6.92 Å². The predicted octanol–water partition coefficient (Wildman–Crippen LogP) is 4.43.